The minimum absolute atomic E-state index is 0.357. The summed E-state index contributed by atoms with van der Waals surface area (Å²) < 4.78 is 25.9. The fourth-order valence-corrected chi connectivity index (χ4v) is 4.88. The molecule has 1 aliphatic rings. The van der Waals surface area contributed by atoms with Crippen molar-refractivity contribution >= 4 is 21.6 Å². The highest BCUT2D eigenvalue weighted by atomic mass is 32.2. The largest absolute Gasteiger partial charge is 0.294 e. The maximum Gasteiger partial charge on any atom is 0.175 e. The van der Waals surface area contributed by atoms with Crippen molar-refractivity contribution in [2.75, 3.05) is 6.26 Å². The van der Waals surface area contributed by atoms with Gasteiger partial charge in [0.2, 0.25) is 0 Å². The van der Waals surface area contributed by atoms with Crippen molar-refractivity contribution in [1.82, 2.24) is 9.55 Å². The molecule has 2 heterocycles. The molecular weight excluding hydrogens is 352 g/mol. The molecular formula is C19H18N2O2S2. The Balaban J connectivity index is 1.94. The fraction of sp³-hybridized carbons (Fsp3) is 0.211. The first-order valence-electron chi connectivity index (χ1n) is 7.97. The van der Waals surface area contributed by atoms with Gasteiger partial charge in [-0.3, -0.25) is 4.57 Å². The van der Waals surface area contributed by atoms with E-state index < -0.39 is 9.84 Å². The van der Waals surface area contributed by atoms with E-state index in [0.717, 1.165) is 39.1 Å². The van der Waals surface area contributed by atoms with Crippen LogP contribution in [0.1, 0.15) is 17.1 Å². The number of sulfone groups is 1. The molecule has 0 spiro atoms. The molecule has 0 radical (unpaired) electrons. The van der Waals surface area contributed by atoms with Crippen molar-refractivity contribution in [3.8, 4) is 16.9 Å². The third-order valence-electron chi connectivity index (χ3n) is 4.40. The van der Waals surface area contributed by atoms with Crippen LogP contribution in [-0.4, -0.2) is 24.2 Å². The summed E-state index contributed by atoms with van der Waals surface area (Å²) in [6, 6.07) is 13.8. The molecule has 0 amide bonds. The first kappa shape index (κ1) is 16.4. The van der Waals surface area contributed by atoms with Crippen LogP contribution in [0.25, 0.3) is 16.9 Å². The lowest BCUT2D eigenvalue weighted by molar-refractivity contribution is 0.601. The minimum Gasteiger partial charge on any atom is -0.294 e. The Labute approximate surface area is 151 Å². The van der Waals surface area contributed by atoms with Crippen molar-refractivity contribution < 1.29 is 8.42 Å². The number of hydrogen-bond acceptors (Lipinski definition) is 4. The molecule has 128 valence electrons. The Hall–Kier alpha value is -2.05. The smallest absolute Gasteiger partial charge is 0.175 e. The summed E-state index contributed by atoms with van der Waals surface area (Å²) in [5.41, 5.74) is 5.39. The highest BCUT2D eigenvalue weighted by Crippen LogP contribution is 2.40. The predicted molar refractivity (Wildman–Crippen MR) is 101 cm³/mol. The fourth-order valence-electron chi connectivity index (χ4n) is 3.16. The van der Waals surface area contributed by atoms with Crippen LogP contribution in [0.2, 0.25) is 0 Å². The molecule has 1 aromatic heterocycles. The zero-order valence-corrected chi connectivity index (χ0v) is 15.9. The van der Waals surface area contributed by atoms with E-state index in [1.165, 1.54) is 11.8 Å². The van der Waals surface area contributed by atoms with Crippen LogP contribution >= 0.6 is 11.8 Å². The molecule has 0 saturated heterocycles. The zero-order chi connectivity index (χ0) is 17.8. The van der Waals surface area contributed by atoms with E-state index in [1.807, 2.05) is 13.0 Å². The van der Waals surface area contributed by atoms with Gasteiger partial charge in [-0.1, -0.05) is 29.8 Å². The van der Waals surface area contributed by atoms with Crippen LogP contribution in [0, 0.1) is 13.8 Å². The first-order chi connectivity index (χ1) is 11.8. The van der Waals surface area contributed by atoms with Crippen LogP contribution in [-0.2, 0) is 15.6 Å². The van der Waals surface area contributed by atoms with Gasteiger partial charge in [0, 0.05) is 16.7 Å². The SMILES string of the molecule is Cc1ccc(-c2c(C)nc3n2-c2ccc(S(C)(=O)=O)cc2SC3)cc1. The second-order valence-electron chi connectivity index (χ2n) is 6.35. The second-order valence-corrected chi connectivity index (χ2v) is 9.39. The van der Waals surface area contributed by atoms with Gasteiger partial charge in [0.05, 0.1) is 27.7 Å². The summed E-state index contributed by atoms with van der Waals surface area (Å²) in [5, 5.41) is 0. The molecule has 4 rings (SSSR count). The van der Waals surface area contributed by atoms with E-state index in [0.29, 0.717) is 4.90 Å². The molecule has 0 N–H and O–H groups in total. The summed E-state index contributed by atoms with van der Waals surface area (Å²) in [4.78, 5) is 6.07. The number of fused-ring (bicyclic) bond motifs is 3. The van der Waals surface area contributed by atoms with E-state index >= 15 is 0 Å². The van der Waals surface area contributed by atoms with Gasteiger partial charge in [0.1, 0.15) is 5.82 Å². The lowest BCUT2D eigenvalue weighted by atomic mass is 10.1. The maximum atomic E-state index is 11.9. The van der Waals surface area contributed by atoms with Gasteiger partial charge in [0.15, 0.2) is 9.84 Å². The van der Waals surface area contributed by atoms with Crippen molar-refractivity contribution in [1.29, 1.82) is 0 Å². The average molecular weight is 370 g/mol. The summed E-state index contributed by atoms with van der Waals surface area (Å²) in [5.74, 6) is 1.73. The number of nitrogens with zero attached hydrogens (tertiary/aromatic N) is 2. The van der Waals surface area contributed by atoms with Crippen LogP contribution in [0.4, 0.5) is 0 Å². The van der Waals surface area contributed by atoms with Gasteiger partial charge in [0.25, 0.3) is 0 Å². The van der Waals surface area contributed by atoms with E-state index in [9.17, 15) is 8.42 Å². The Bertz CT molecular complexity index is 1080. The highest BCUT2D eigenvalue weighted by Gasteiger charge is 2.24. The molecule has 3 aromatic rings. The molecule has 1 aliphatic heterocycles. The lowest BCUT2D eigenvalue weighted by Gasteiger charge is -2.21. The Morgan fingerprint density at radius 1 is 1.08 bits per heavy atom. The van der Waals surface area contributed by atoms with Gasteiger partial charge in [-0.15, -0.1) is 11.8 Å². The van der Waals surface area contributed by atoms with Crippen LogP contribution in [0.15, 0.2) is 52.3 Å². The molecule has 0 aliphatic carbocycles. The van der Waals surface area contributed by atoms with Crippen LogP contribution in [0.5, 0.6) is 0 Å². The monoisotopic (exact) mass is 370 g/mol. The van der Waals surface area contributed by atoms with E-state index in [1.54, 1.807) is 23.9 Å². The number of benzene rings is 2. The number of imidazole rings is 1. The third-order valence-corrected chi connectivity index (χ3v) is 6.55. The summed E-state index contributed by atoms with van der Waals surface area (Å²) in [6.45, 7) is 4.09. The molecule has 0 fully saturated rings. The van der Waals surface area contributed by atoms with Crippen molar-refractivity contribution in [3.05, 3.63) is 59.5 Å². The Morgan fingerprint density at radius 2 is 1.80 bits per heavy atom. The van der Waals surface area contributed by atoms with Gasteiger partial charge < -0.3 is 0 Å². The van der Waals surface area contributed by atoms with Crippen LogP contribution in [0.3, 0.4) is 0 Å². The van der Waals surface area contributed by atoms with E-state index in [4.69, 9.17) is 4.98 Å². The van der Waals surface area contributed by atoms with Gasteiger partial charge >= 0.3 is 0 Å². The van der Waals surface area contributed by atoms with Crippen molar-refractivity contribution in [2.24, 2.45) is 0 Å². The molecule has 4 nitrogen and oxygen atoms in total. The standard InChI is InChI=1S/C19H18N2O2S2/c1-12-4-6-14(7-5-12)19-13(2)20-18-11-24-17-10-15(25(3,22)23)8-9-16(17)21(18)19/h4-10H,11H2,1-3H3. The number of thioether (sulfide) groups is 1. The molecule has 0 unspecified atom stereocenters. The number of hydrogen-bond donors (Lipinski definition) is 0. The normalized spacial score (nSPS) is 13.4. The highest BCUT2D eigenvalue weighted by molar-refractivity contribution is 7.98. The molecule has 2 aromatic carbocycles. The molecule has 0 bridgehead atoms. The molecule has 25 heavy (non-hydrogen) atoms. The van der Waals surface area contributed by atoms with E-state index in [-0.39, 0.29) is 0 Å². The Morgan fingerprint density at radius 3 is 2.48 bits per heavy atom. The predicted octanol–water partition coefficient (Wildman–Crippen LogP) is 4.17. The van der Waals surface area contributed by atoms with E-state index in [2.05, 4.69) is 35.8 Å². The molecule has 0 atom stereocenters. The van der Waals surface area contributed by atoms with Gasteiger partial charge in [-0.05, 0) is 32.0 Å². The summed E-state index contributed by atoms with van der Waals surface area (Å²) >= 11 is 1.63. The first-order valence-corrected chi connectivity index (χ1v) is 10.8. The van der Waals surface area contributed by atoms with Crippen molar-refractivity contribution in [3.63, 3.8) is 0 Å². The third kappa shape index (κ3) is 2.79. The minimum atomic E-state index is -3.21. The lowest BCUT2D eigenvalue weighted by Crippen LogP contribution is -2.09. The quantitative estimate of drug-likeness (QED) is 0.679. The number of aromatic nitrogens is 2. The maximum absolute atomic E-state index is 11.9. The van der Waals surface area contributed by atoms with Crippen molar-refractivity contribution in [2.45, 2.75) is 29.4 Å². The topological polar surface area (TPSA) is 52.0 Å². The molecule has 6 heteroatoms. The zero-order valence-electron chi connectivity index (χ0n) is 14.3. The van der Waals surface area contributed by atoms with Gasteiger partial charge in [-0.25, -0.2) is 13.4 Å². The van der Waals surface area contributed by atoms with Crippen LogP contribution < -0.4 is 0 Å². The number of rotatable bonds is 2. The molecule has 0 saturated carbocycles. The summed E-state index contributed by atoms with van der Waals surface area (Å²) in [6.07, 6.45) is 1.24. The summed E-state index contributed by atoms with van der Waals surface area (Å²) in [7, 11) is -3.21. The second kappa shape index (κ2) is 5.75. The number of aryl methyl sites for hydroxylation is 2. The average Bonchev–Trinajstić information content (AvgIpc) is 2.90. The van der Waals surface area contributed by atoms with Gasteiger partial charge in [-0.2, -0.15) is 0 Å². The Kier molecular flexibility index (Phi) is 3.77.